The van der Waals surface area contributed by atoms with Crippen LogP contribution in [0.2, 0.25) is 0 Å². The van der Waals surface area contributed by atoms with Crippen LogP contribution in [0.5, 0.6) is 5.75 Å². The van der Waals surface area contributed by atoms with Gasteiger partial charge in [-0.15, -0.1) is 0 Å². The molecule has 3 aromatic rings. The fraction of sp³-hybridized carbons (Fsp3) is 0.514. The van der Waals surface area contributed by atoms with Gasteiger partial charge in [0.25, 0.3) is 0 Å². The molecule has 2 aromatic carbocycles. The molecule has 0 aliphatic rings. The van der Waals surface area contributed by atoms with E-state index in [-0.39, 0.29) is 35.1 Å². The zero-order valence-corrected chi connectivity index (χ0v) is 28.2. The van der Waals surface area contributed by atoms with Gasteiger partial charge in [0.2, 0.25) is 10.9 Å². The lowest BCUT2D eigenvalue weighted by Gasteiger charge is -2.15. The molecule has 42 heavy (non-hydrogen) atoms. The molecule has 0 aliphatic carbocycles. The van der Waals surface area contributed by atoms with Gasteiger partial charge in [0.05, 0.1) is 24.0 Å². The van der Waals surface area contributed by atoms with Gasteiger partial charge in [-0.3, -0.25) is 9.59 Å². The number of thiazole rings is 1. The summed E-state index contributed by atoms with van der Waals surface area (Å²) in [5.41, 5.74) is 3.18. The van der Waals surface area contributed by atoms with Gasteiger partial charge in [0.15, 0.2) is 18.5 Å². The number of rotatable bonds is 20. The van der Waals surface area contributed by atoms with Gasteiger partial charge in [0.1, 0.15) is 5.75 Å². The van der Waals surface area contributed by atoms with Crippen LogP contribution < -0.4 is 31.6 Å². The molecule has 1 amide bonds. The summed E-state index contributed by atoms with van der Waals surface area (Å²) in [5, 5.41) is 6.35. The monoisotopic (exact) mass is 656 g/mol. The number of carbonyl (C=O) groups is 2. The number of anilines is 1. The van der Waals surface area contributed by atoms with Crippen LogP contribution in [0.3, 0.4) is 0 Å². The SMILES string of the molecule is CCCCCCCCCCCCCCOc1c(CC(=O)Nc2cccc(C[n+]3ccsc3C)c2)cccc1C(C)=O.[Br-]. The molecule has 1 N–H and O–H groups in total. The highest BCUT2D eigenvalue weighted by Crippen LogP contribution is 2.26. The normalized spacial score (nSPS) is 10.7. The number of ether oxygens (including phenoxy) is 1. The minimum absolute atomic E-state index is 0. The van der Waals surface area contributed by atoms with Gasteiger partial charge < -0.3 is 27.0 Å². The third-order valence-corrected chi connectivity index (χ3v) is 8.35. The molecule has 0 atom stereocenters. The Morgan fingerprint density at radius 2 is 1.52 bits per heavy atom. The molecule has 1 aromatic heterocycles. The van der Waals surface area contributed by atoms with Crippen LogP contribution in [0.25, 0.3) is 0 Å². The first-order valence-electron chi connectivity index (χ1n) is 15.6. The Hall–Kier alpha value is -2.51. The van der Waals surface area contributed by atoms with Crippen LogP contribution in [0.4, 0.5) is 5.69 Å². The highest BCUT2D eigenvalue weighted by atomic mass is 79.9. The Bertz CT molecular complexity index is 1230. The van der Waals surface area contributed by atoms with Gasteiger partial charge in [-0.05, 0) is 31.5 Å². The van der Waals surface area contributed by atoms with Gasteiger partial charge in [-0.2, -0.15) is 4.57 Å². The fourth-order valence-corrected chi connectivity index (χ4v) is 5.82. The molecular formula is C35H49BrN2O3S. The van der Waals surface area contributed by atoms with E-state index in [4.69, 9.17) is 4.74 Å². The second-order valence-corrected chi connectivity index (χ2v) is 12.2. The predicted molar refractivity (Wildman–Crippen MR) is 170 cm³/mol. The molecular weight excluding hydrogens is 608 g/mol. The molecule has 0 unspecified atom stereocenters. The van der Waals surface area contributed by atoms with E-state index in [2.05, 4.69) is 41.4 Å². The van der Waals surface area contributed by atoms with Crippen LogP contribution in [0.15, 0.2) is 54.0 Å². The molecule has 0 saturated heterocycles. The maximum Gasteiger partial charge on any atom is 0.234 e. The Balaban J connectivity index is 0.00000616. The molecule has 1 heterocycles. The lowest BCUT2D eigenvalue weighted by Crippen LogP contribution is -3.00. The summed E-state index contributed by atoms with van der Waals surface area (Å²) in [6.45, 7) is 7.23. The number of benzene rings is 2. The van der Waals surface area contributed by atoms with E-state index in [0.717, 1.165) is 36.2 Å². The first kappa shape index (κ1) is 35.7. The highest BCUT2D eigenvalue weighted by molar-refractivity contribution is 7.09. The van der Waals surface area contributed by atoms with E-state index < -0.39 is 0 Å². The molecule has 0 spiro atoms. The van der Waals surface area contributed by atoms with Crippen molar-refractivity contribution in [3.63, 3.8) is 0 Å². The Morgan fingerprint density at radius 1 is 0.881 bits per heavy atom. The van der Waals surface area contributed by atoms with Crippen molar-refractivity contribution in [1.29, 1.82) is 0 Å². The van der Waals surface area contributed by atoms with E-state index in [0.29, 0.717) is 17.9 Å². The average molecular weight is 658 g/mol. The number of ketones is 1. The zero-order valence-electron chi connectivity index (χ0n) is 25.8. The maximum absolute atomic E-state index is 13.0. The van der Waals surface area contributed by atoms with Gasteiger partial charge in [-0.25, -0.2) is 0 Å². The molecule has 0 saturated carbocycles. The number of hydrogen-bond acceptors (Lipinski definition) is 4. The zero-order chi connectivity index (χ0) is 29.3. The number of carbonyl (C=O) groups excluding carboxylic acids is 2. The van der Waals surface area contributed by atoms with Gasteiger partial charge >= 0.3 is 0 Å². The number of unbranched alkanes of at least 4 members (excludes halogenated alkanes) is 11. The summed E-state index contributed by atoms with van der Waals surface area (Å²) in [6, 6.07) is 13.5. The highest BCUT2D eigenvalue weighted by Gasteiger charge is 2.17. The summed E-state index contributed by atoms with van der Waals surface area (Å²) < 4.78 is 8.35. The first-order chi connectivity index (χ1) is 20.0. The van der Waals surface area contributed by atoms with E-state index >= 15 is 0 Å². The number of halogens is 1. The van der Waals surface area contributed by atoms with Gasteiger partial charge in [-0.1, -0.05) is 113 Å². The van der Waals surface area contributed by atoms with E-state index in [1.165, 1.54) is 69.2 Å². The van der Waals surface area contributed by atoms with Crippen molar-refractivity contribution in [2.24, 2.45) is 0 Å². The Kier molecular flexibility index (Phi) is 17.3. The number of nitrogens with one attached hydrogen (secondary N) is 1. The van der Waals surface area contributed by atoms with Crippen molar-refractivity contribution in [3.8, 4) is 5.75 Å². The molecule has 5 nitrogen and oxygen atoms in total. The van der Waals surface area contributed by atoms with Crippen LogP contribution in [0.1, 0.15) is 117 Å². The minimum atomic E-state index is -0.127. The van der Waals surface area contributed by atoms with E-state index in [9.17, 15) is 9.59 Å². The third kappa shape index (κ3) is 12.8. The largest absolute Gasteiger partial charge is 1.00 e. The Morgan fingerprint density at radius 3 is 2.14 bits per heavy atom. The Labute approximate surface area is 267 Å². The third-order valence-electron chi connectivity index (χ3n) is 7.52. The van der Waals surface area contributed by atoms with E-state index in [1.54, 1.807) is 24.3 Å². The van der Waals surface area contributed by atoms with Crippen molar-refractivity contribution < 1.29 is 35.9 Å². The number of hydrogen-bond donors (Lipinski definition) is 1. The molecule has 3 rings (SSSR count). The van der Waals surface area contributed by atoms with Gasteiger partial charge in [0, 0.05) is 23.7 Å². The molecule has 0 radical (unpaired) electrons. The molecule has 0 bridgehead atoms. The maximum atomic E-state index is 13.0. The van der Waals surface area contributed by atoms with Crippen molar-refractivity contribution in [3.05, 3.63) is 75.7 Å². The van der Waals surface area contributed by atoms with Crippen LogP contribution >= 0.6 is 11.3 Å². The lowest BCUT2D eigenvalue weighted by atomic mass is 10.0. The van der Waals surface area contributed by atoms with E-state index in [1.807, 2.05) is 30.3 Å². The quantitative estimate of drug-likeness (QED) is 0.0942. The summed E-state index contributed by atoms with van der Waals surface area (Å²) >= 11 is 1.72. The summed E-state index contributed by atoms with van der Waals surface area (Å²) in [7, 11) is 0. The molecule has 7 heteroatoms. The number of para-hydroxylation sites is 1. The van der Waals surface area contributed by atoms with Crippen LogP contribution in [-0.2, 0) is 17.8 Å². The molecule has 230 valence electrons. The van der Waals surface area contributed by atoms with Crippen molar-refractivity contribution in [2.45, 2.75) is 111 Å². The first-order valence-corrected chi connectivity index (χ1v) is 16.4. The smallest absolute Gasteiger partial charge is 0.234 e. The standard InChI is InChI=1S/C35H48N2O3S.BrH/c1-4-5-6-7-8-9-10-11-12-13-14-15-23-40-35-31(19-17-21-33(35)28(2)38)26-34(39)36-32-20-16-18-30(25-32)27-37-22-24-41-29(37)3;/h16-22,24-25H,4-15,23,26-27H2,1-3H3;1H. The number of aromatic nitrogens is 1. The topological polar surface area (TPSA) is 59.3 Å². The summed E-state index contributed by atoms with van der Waals surface area (Å²) in [6.07, 6.45) is 17.6. The number of amides is 1. The molecule has 0 fully saturated rings. The second kappa shape index (κ2) is 20.4. The lowest BCUT2D eigenvalue weighted by molar-refractivity contribution is -0.689. The second-order valence-electron chi connectivity index (χ2n) is 11.1. The summed E-state index contributed by atoms with van der Waals surface area (Å²) in [5.74, 6) is 0.375. The fourth-order valence-electron chi connectivity index (χ4n) is 5.15. The average Bonchev–Trinajstić information content (AvgIpc) is 3.35. The number of nitrogens with zero attached hydrogens (tertiary/aromatic N) is 1. The number of aryl methyl sites for hydroxylation is 1. The number of Topliss-reactive ketones (excluding diaryl/α,β-unsaturated/α-hetero) is 1. The van der Waals surface area contributed by atoms with Crippen LogP contribution in [0, 0.1) is 6.92 Å². The van der Waals surface area contributed by atoms with Crippen LogP contribution in [-0.4, -0.2) is 18.3 Å². The predicted octanol–water partition coefficient (Wildman–Crippen LogP) is 5.86. The van der Waals surface area contributed by atoms with Crippen molar-refractivity contribution in [2.75, 3.05) is 11.9 Å². The van der Waals surface area contributed by atoms with Crippen molar-refractivity contribution in [1.82, 2.24) is 0 Å². The summed E-state index contributed by atoms with van der Waals surface area (Å²) in [4.78, 5) is 25.4. The van der Waals surface area contributed by atoms with Crippen molar-refractivity contribution >= 4 is 28.7 Å². The molecule has 0 aliphatic heterocycles. The minimum Gasteiger partial charge on any atom is -1.00 e.